The first-order valence-electron chi connectivity index (χ1n) is 16.7. The lowest BCUT2D eigenvalue weighted by molar-refractivity contribution is 1.20. The summed E-state index contributed by atoms with van der Waals surface area (Å²) in [5, 5.41) is 7.26. The molecule has 0 saturated carbocycles. The minimum atomic E-state index is 0.913. The van der Waals surface area contributed by atoms with Gasteiger partial charge in [-0.15, -0.1) is 0 Å². The molecule has 9 aromatic rings. The van der Waals surface area contributed by atoms with Crippen LogP contribution in [0.5, 0.6) is 0 Å². The minimum Gasteiger partial charge on any atom is -0.295 e. The third kappa shape index (κ3) is 5.11. The van der Waals surface area contributed by atoms with Gasteiger partial charge in [-0.25, -0.2) is 4.98 Å². The Morgan fingerprint density at radius 2 is 0.714 bits per heavy atom. The van der Waals surface area contributed by atoms with Crippen molar-refractivity contribution < 1.29 is 0 Å². The van der Waals surface area contributed by atoms with E-state index in [1.807, 2.05) is 6.20 Å². The number of anilines is 3. The second kappa shape index (κ2) is 12.3. The molecule has 0 atom stereocenters. The summed E-state index contributed by atoms with van der Waals surface area (Å²) in [6.45, 7) is 0. The van der Waals surface area contributed by atoms with Crippen molar-refractivity contribution in [3.63, 3.8) is 0 Å². The van der Waals surface area contributed by atoms with Crippen LogP contribution in [-0.2, 0) is 0 Å². The predicted octanol–water partition coefficient (Wildman–Crippen LogP) is 13.0. The Balaban J connectivity index is 1.20. The Morgan fingerprint density at radius 3 is 1.29 bits per heavy atom. The summed E-state index contributed by atoms with van der Waals surface area (Å²) >= 11 is 0. The van der Waals surface area contributed by atoms with E-state index in [0.717, 1.165) is 28.0 Å². The number of nitrogens with zero attached hydrogens (tertiary/aromatic N) is 2. The van der Waals surface area contributed by atoms with Crippen LogP contribution >= 0.6 is 0 Å². The van der Waals surface area contributed by atoms with Crippen LogP contribution in [0.25, 0.3) is 65.7 Å². The molecule has 49 heavy (non-hydrogen) atoms. The molecular formula is C47H32N2. The van der Waals surface area contributed by atoms with E-state index in [-0.39, 0.29) is 0 Å². The van der Waals surface area contributed by atoms with Crippen molar-refractivity contribution in [1.29, 1.82) is 0 Å². The maximum atomic E-state index is 4.91. The van der Waals surface area contributed by atoms with Gasteiger partial charge in [0.15, 0.2) is 0 Å². The van der Waals surface area contributed by atoms with Crippen molar-refractivity contribution in [2.24, 2.45) is 0 Å². The quantitative estimate of drug-likeness (QED) is 0.171. The van der Waals surface area contributed by atoms with E-state index >= 15 is 0 Å². The molecule has 0 aliphatic carbocycles. The van der Waals surface area contributed by atoms with Crippen LogP contribution in [0.2, 0.25) is 0 Å². The first-order chi connectivity index (χ1) is 24.3. The van der Waals surface area contributed by atoms with Crippen molar-refractivity contribution in [2.75, 3.05) is 4.90 Å². The molecule has 230 valence electrons. The van der Waals surface area contributed by atoms with Gasteiger partial charge in [-0.05, 0) is 90.6 Å². The van der Waals surface area contributed by atoms with Crippen LogP contribution in [0, 0.1) is 0 Å². The van der Waals surface area contributed by atoms with Crippen molar-refractivity contribution in [3.05, 3.63) is 194 Å². The molecule has 0 unspecified atom stereocenters. The summed E-state index contributed by atoms with van der Waals surface area (Å²) < 4.78 is 0. The van der Waals surface area contributed by atoms with E-state index in [9.17, 15) is 0 Å². The fourth-order valence-electron chi connectivity index (χ4n) is 7.24. The van der Waals surface area contributed by atoms with E-state index in [2.05, 4.69) is 193 Å². The molecule has 0 amide bonds. The van der Waals surface area contributed by atoms with Gasteiger partial charge >= 0.3 is 0 Å². The molecule has 8 aromatic carbocycles. The third-order valence-corrected chi connectivity index (χ3v) is 9.51. The van der Waals surface area contributed by atoms with E-state index in [4.69, 9.17) is 4.98 Å². The zero-order valence-corrected chi connectivity index (χ0v) is 26.9. The fraction of sp³-hybridized carbons (Fsp3) is 0. The Hall–Kier alpha value is -6.51. The summed E-state index contributed by atoms with van der Waals surface area (Å²) in [4.78, 5) is 7.16. The normalized spacial score (nSPS) is 11.3. The van der Waals surface area contributed by atoms with Gasteiger partial charge in [0.2, 0.25) is 0 Å². The summed E-state index contributed by atoms with van der Waals surface area (Å²) in [5.74, 6) is 0.913. The zero-order chi connectivity index (χ0) is 32.6. The second-order valence-corrected chi connectivity index (χ2v) is 12.4. The lowest BCUT2D eigenvalue weighted by Crippen LogP contribution is -2.11. The highest BCUT2D eigenvalue weighted by Gasteiger charge is 2.19. The molecule has 0 radical (unpaired) electrons. The topological polar surface area (TPSA) is 16.1 Å². The van der Waals surface area contributed by atoms with Gasteiger partial charge in [0.05, 0.1) is 0 Å². The lowest BCUT2D eigenvalue weighted by atomic mass is 9.85. The maximum Gasteiger partial charge on any atom is 0.145 e. The van der Waals surface area contributed by atoms with E-state index in [0.29, 0.717) is 0 Å². The first kappa shape index (κ1) is 28.7. The Labute approximate surface area is 286 Å². The molecule has 0 fully saturated rings. The molecule has 0 bridgehead atoms. The second-order valence-electron chi connectivity index (χ2n) is 12.4. The summed E-state index contributed by atoms with van der Waals surface area (Å²) in [6, 6.07) is 67.3. The Kier molecular flexibility index (Phi) is 7.18. The van der Waals surface area contributed by atoms with Crippen LogP contribution in [0.3, 0.4) is 0 Å². The lowest BCUT2D eigenvalue weighted by Gasteiger charge is -2.26. The fourth-order valence-corrected chi connectivity index (χ4v) is 7.24. The number of pyridine rings is 1. The van der Waals surface area contributed by atoms with E-state index in [1.54, 1.807) is 0 Å². The largest absolute Gasteiger partial charge is 0.295 e. The Morgan fingerprint density at radius 1 is 0.306 bits per heavy atom. The third-order valence-electron chi connectivity index (χ3n) is 9.51. The van der Waals surface area contributed by atoms with Crippen LogP contribution in [0.1, 0.15) is 0 Å². The van der Waals surface area contributed by atoms with E-state index < -0.39 is 0 Å². The highest BCUT2D eigenvalue weighted by atomic mass is 15.2. The molecule has 9 rings (SSSR count). The van der Waals surface area contributed by atoms with Gasteiger partial charge in [0, 0.05) is 23.0 Å². The molecule has 0 saturated heterocycles. The van der Waals surface area contributed by atoms with Crippen LogP contribution in [0.4, 0.5) is 17.2 Å². The highest BCUT2D eigenvalue weighted by molar-refractivity contribution is 6.21. The zero-order valence-electron chi connectivity index (χ0n) is 26.9. The average molecular weight is 625 g/mol. The Bertz CT molecular complexity index is 2510. The van der Waals surface area contributed by atoms with Crippen LogP contribution in [0.15, 0.2) is 194 Å². The monoisotopic (exact) mass is 624 g/mol. The molecule has 2 nitrogen and oxygen atoms in total. The molecule has 0 N–H and O–H groups in total. The smallest absolute Gasteiger partial charge is 0.145 e. The molecule has 0 aliphatic rings. The van der Waals surface area contributed by atoms with Gasteiger partial charge in [-0.1, -0.05) is 158 Å². The first-order valence-corrected chi connectivity index (χ1v) is 16.7. The van der Waals surface area contributed by atoms with E-state index in [1.165, 1.54) is 54.9 Å². The molecule has 1 aromatic heterocycles. The predicted molar refractivity (Wildman–Crippen MR) is 208 cm³/mol. The molecule has 0 spiro atoms. The minimum absolute atomic E-state index is 0.913. The van der Waals surface area contributed by atoms with Gasteiger partial charge in [-0.2, -0.15) is 0 Å². The summed E-state index contributed by atoms with van der Waals surface area (Å²) in [5.41, 5.74) is 9.49. The van der Waals surface area contributed by atoms with Crippen molar-refractivity contribution in [2.45, 2.75) is 0 Å². The van der Waals surface area contributed by atoms with Gasteiger partial charge < -0.3 is 0 Å². The average Bonchev–Trinajstić information content (AvgIpc) is 3.18. The number of benzene rings is 8. The number of aromatic nitrogens is 1. The SMILES string of the molecule is c1ccc(-c2ccc(-c3c4ccccc4c(-c4ccc(N(c5ccccc5)c5nccc6ccccc56)cc4)c4ccccc34)cc2)cc1. The number of hydrogen-bond donors (Lipinski definition) is 0. The standard InChI is InChI=1S/C47H32N2/c1-3-13-33(14-4-1)34-23-25-36(26-24-34)45-41-19-9-11-21-43(41)46(44-22-12-10-20-42(44)45)37-27-29-39(30-28-37)49(38-16-5-2-6-17-38)47-40-18-8-7-15-35(40)31-32-48-47/h1-32H. The maximum absolute atomic E-state index is 4.91. The molecule has 0 aliphatic heterocycles. The van der Waals surface area contributed by atoms with Gasteiger partial charge in [-0.3, -0.25) is 4.90 Å². The van der Waals surface area contributed by atoms with Gasteiger partial charge in [0.25, 0.3) is 0 Å². The van der Waals surface area contributed by atoms with Crippen molar-refractivity contribution >= 4 is 49.5 Å². The molecule has 1 heterocycles. The number of fused-ring (bicyclic) bond motifs is 3. The summed E-state index contributed by atoms with van der Waals surface area (Å²) in [7, 11) is 0. The number of hydrogen-bond acceptors (Lipinski definition) is 2. The number of para-hydroxylation sites is 1. The number of rotatable bonds is 6. The van der Waals surface area contributed by atoms with Crippen molar-refractivity contribution in [3.8, 4) is 33.4 Å². The highest BCUT2D eigenvalue weighted by Crippen LogP contribution is 2.45. The summed E-state index contributed by atoms with van der Waals surface area (Å²) in [6.07, 6.45) is 1.90. The van der Waals surface area contributed by atoms with Gasteiger partial charge in [0.1, 0.15) is 5.82 Å². The van der Waals surface area contributed by atoms with Crippen LogP contribution in [-0.4, -0.2) is 4.98 Å². The van der Waals surface area contributed by atoms with Crippen molar-refractivity contribution in [1.82, 2.24) is 4.98 Å². The van der Waals surface area contributed by atoms with Crippen LogP contribution < -0.4 is 4.90 Å². The molecular weight excluding hydrogens is 593 g/mol. The molecule has 2 heteroatoms.